The number of anilines is 1. The number of rotatable bonds is 11. The normalized spacial score (nSPS) is 23.3. The maximum absolute atomic E-state index is 13.6. The molecule has 3 aliphatic rings. The first-order valence-corrected chi connectivity index (χ1v) is 23.6. The molecule has 0 bridgehead atoms. The van der Waals surface area contributed by atoms with Gasteiger partial charge in [-0.3, -0.25) is 24.2 Å². The van der Waals surface area contributed by atoms with Gasteiger partial charge in [0.1, 0.15) is 6.23 Å². The lowest BCUT2D eigenvalue weighted by Crippen LogP contribution is -2.49. The SMILES string of the molecule is Cc1cn([C@H]2CC(N=[N+]=[N-])[C@@H](COP(=O)(O)OP(=O)(O)OP(=O)(O)O)O2)c(=O)[nH]c1=O.O=C1Nc2ccc(Cl)cc2[C@@](C#CC2CC2)(C(F)(F)F)O1.O=P(O)(O)OP(=O)(O)O. The summed E-state index contributed by atoms with van der Waals surface area (Å²) in [7, 11) is -26.8. The van der Waals surface area contributed by atoms with Gasteiger partial charge in [-0.1, -0.05) is 22.6 Å². The van der Waals surface area contributed by atoms with Crippen LogP contribution >= 0.6 is 50.7 Å². The molecule has 1 saturated heterocycles. The van der Waals surface area contributed by atoms with Crippen LogP contribution in [0.15, 0.2) is 39.1 Å². The molecule has 1 aromatic carbocycles. The number of ether oxygens (including phenoxy) is 2. The van der Waals surface area contributed by atoms with E-state index in [1.54, 1.807) is 0 Å². The van der Waals surface area contributed by atoms with Crippen molar-refractivity contribution in [3.63, 3.8) is 0 Å². The van der Waals surface area contributed by atoms with Gasteiger partial charge < -0.3 is 48.6 Å². The van der Waals surface area contributed by atoms with E-state index in [-0.39, 0.29) is 34.2 Å². The average molecular weight is 1000 g/mol. The van der Waals surface area contributed by atoms with Gasteiger partial charge >= 0.3 is 57.1 Å². The number of amides is 1. The Morgan fingerprint density at radius 1 is 0.984 bits per heavy atom. The largest absolute Gasteiger partial charge is 0.490 e. The molecule has 61 heavy (non-hydrogen) atoms. The Morgan fingerprint density at radius 3 is 2.08 bits per heavy atom. The Bertz CT molecular complexity index is 2450. The molecule has 340 valence electrons. The number of carbonyl (C=O) groups excluding carboxylic acids is 1. The van der Waals surface area contributed by atoms with Crippen molar-refractivity contribution in [2.45, 2.75) is 56.3 Å². The van der Waals surface area contributed by atoms with E-state index in [1.807, 2.05) is 4.98 Å². The van der Waals surface area contributed by atoms with E-state index in [4.69, 9.17) is 56.1 Å². The van der Waals surface area contributed by atoms with Gasteiger partial charge in [0.15, 0.2) is 0 Å². The number of carbonyl (C=O) groups is 1. The number of fused-ring (bicyclic) bond motifs is 1. The highest BCUT2D eigenvalue weighted by Gasteiger charge is 2.62. The molecular formula is C24H29ClF3N6O22P5. The number of hydrogen-bond acceptors (Lipinski definition) is 15. The fraction of sp³-hybridized carbons (Fsp3) is 0.458. The Balaban J connectivity index is 0.000000283. The van der Waals surface area contributed by atoms with Crippen LogP contribution < -0.4 is 16.6 Å². The number of azide groups is 1. The highest BCUT2D eigenvalue weighted by molar-refractivity contribution is 7.66. The highest BCUT2D eigenvalue weighted by Crippen LogP contribution is 2.66. The molecule has 37 heteroatoms. The summed E-state index contributed by atoms with van der Waals surface area (Å²) in [5.74, 6) is 4.60. The van der Waals surface area contributed by atoms with Crippen LogP contribution in [-0.4, -0.2) is 79.7 Å². The summed E-state index contributed by atoms with van der Waals surface area (Å²) in [4.78, 5) is 106. The molecular weight excluding hydrogens is 972 g/mol. The smallest absolute Gasteiger partial charge is 0.415 e. The molecule has 2 aliphatic heterocycles. The summed E-state index contributed by atoms with van der Waals surface area (Å²) in [6, 6.07) is 2.77. The van der Waals surface area contributed by atoms with Crippen molar-refractivity contribution >= 4 is 62.5 Å². The van der Waals surface area contributed by atoms with Crippen molar-refractivity contribution in [2.24, 2.45) is 11.0 Å². The van der Waals surface area contributed by atoms with Gasteiger partial charge in [-0.25, -0.2) is 32.4 Å². The van der Waals surface area contributed by atoms with E-state index in [9.17, 15) is 55.3 Å². The number of alkyl halides is 3. The van der Waals surface area contributed by atoms with Gasteiger partial charge in [0.2, 0.25) is 0 Å². The highest BCUT2D eigenvalue weighted by atomic mass is 35.5. The third-order valence-corrected chi connectivity index (χ3v) is 12.9. The Hall–Kier alpha value is -3.25. The third kappa shape index (κ3) is 16.4. The zero-order valence-electron chi connectivity index (χ0n) is 29.8. The van der Waals surface area contributed by atoms with Crippen LogP contribution in [0.2, 0.25) is 5.02 Å². The number of aromatic nitrogens is 2. The van der Waals surface area contributed by atoms with Gasteiger partial charge in [0.05, 0.1) is 24.4 Å². The van der Waals surface area contributed by atoms with Crippen LogP contribution in [0.5, 0.6) is 0 Å². The summed E-state index contributed by atoms with van der Waals surface area (Å²) >= 11 is 5.78. The number of aromatic amines is 1. The second-order valence-electron chi connectivity index (χ2n) is 12.0. The fourth-order valence-corrected chi connectivity index (χ4v) is 9.00. The van der Waals surface area contributed by atoms with Crippen LogP contribution in [0.1, 0.15) is 36.6 Å². The lowest BCUT2D eigenvalue weighted by atomic mass is 9.90. The first-order chi connectivity index (χ1) is 27.6. The number of cyclic esters (lactones) is 1. The van der Waals surface area contributed by atoms with Gasteiger partial charge in [0.25, 0.3) is 11.2 Å². The molecule has 1 aliphatic carbocycles. The molecule has 3 heterocycles. The molecule has 1 amide bonds. The minimum Gasteiger partial charge on any atom is -0.415 e. The standard InChI is InChI=1S/C14H9ClF3NO2.C10H16N5O13P3.H4O7P2/c15-9-3-4-11-10(7-9)13(14(16,17)18,21-12(20)19-11)6-5-8-1-2-8;1-5-3-15(10(17)12-9(5)16)8-2-6(13-14-11)7(26-8)4-25-30(21,22)28-31(23,24)27-29(18,19)20;1-8(2,3)7-9(4,5)6/h3-4,7-8H,1-2H2,(H,19,20);3,6-8H,2,4H2,1H3,(H,21,22)(H,23,24)(H,12,16,17)(H2,18,19,20);(H2,1,2,3)(H2,4,5,6)/t13-;6?,7-,8-;/m01./s1. The van der Waals surface area contributed by atoms with E-state index in [1.165, 1.54) is 25.3 Å². The predicted octanol–water partition coefficient (Wildman–Crippen LogP) is 3.42. The zero-order valence-corrected chi connectivity index (χ0v) is 35.0. The van der Waals surface area contributed by atoms with E-state index < -0.39 is 93.2 Å². The number of halogens is 4. The first-order valence-electron chi connectivity index (χ1n) is 15.7. The van der Waals surface area contributed by atoms with Gasteiger partial charge in [-0.2, -0.15) is 26.1 Å². The Kier molecular flexibility index (Phi) is 16.8. The molecule has 6 atom stereocenters. The minimum atomic E-state index is -5.70. The average Bonchev–Trinajstić information content (AvgIpc) is 3.80. The third-order valence-electron chi connectivity index (χ3n) is 7.16. The van der Waals surface area contributed by atoms with E-state index in [0.29, 0.717) is 0 Å². The van der Waals surface area contributed by atoms with Crippen LogP contribution in [0.4, 0.5) is 23.7 Å². The van der Waals surface area contributed by atoms with E-state index in [0.717, 1.165) is 23.5 Å². The lowest BCUT2D eigenvalue weighted by molar-refractivity contribution is -0.239. The maximum atomic E-state index is 13.6. The van der Waals surface area contributed by atoms with E-state index >= 15 is 0 Å². The number of nitrogens with zero attached hydrogens (tertiary/aromatic N) is 4. The molecule has 2 fully saturated rings. The molecule has 0 spiro atoms. The van der Waals surface area contributed by atoms with Crippen molar-refractivity contribution < 1.29 is 107 Å². The first kappa shape index (κ1) is 52.1. The van der Waals surface area contributed by atoms with Crippen LogP contribution in [0, 0.1) is 24.7 Å². The van der Waals surface area contributed by atoms with Gasteiger partial charge in [-0.15, -0.1) is 0 Å². The second kappa shape index (κ2) is 19.6. The number of H-pyrrole nitrogens is 1. The molecule has 2 aromatic rings. The van der Waals surface area contributed by atoms with Crippen molar-refractivity contribution in [3.05, 3.63) is 71.8 Å². The number of benzene rings is 1. The molecule has 28 nitrogen and oxygen atoms in total. The second-order valence-corrected chi connectivity index (χ2v) is 19.5. The van der Waals surface area contributed by atoms with E-state index in [2.05, 4.69) is 49.4 Å². The Morgan fingerprint density at radius 2 is 1.57 bits per heavy atom. The molecule has 10 N–H and O–H groups in total. The number of phosphoric acid groups is 5. The molecule has 0 radical (unpaired) electrons. The number of aryl methyl sites for hydroxylation is 1. The van der Waals surface area contributed by atoms with Crippen molar-refractivity contribution in [1.29, 1.82) is 0 Å². The quantitative estimate of drug-likeness (QED) is 0.0507. The molecule has 1 saturated carbocycles. The summed E-state index contributed by atoms with van der Waals surface area (Å²) in [6.07, 6.45) is -5.80. The maximum Gasteiger partial charge on any atom is 0.490 e. The lowest BCUT2D eigenvalue weighted by Gasteiger charge is -2.35. The van der Waals surface area contributed by atoms with Crippen molar-refractivity contribution in [1.82, 2.24) is 9.55 Å². The minimum absolute atomic E-state index is 0.00179. The van der Waals surface area contributed by atoms with Gasteiger partial charge in [-0.05, 0) is 49.4 Å². The molecule has 5 rings (SSSR count). The Labute approximate surface area is 341 Å². The fourth-order valence-electron chi connectivity index (χ4n) is 4.69. The summed E-state index contributed by atoms with van der Waals surface area (Å²) in [5, 5.41) is 5.75. The topological polar surface area (TPSA) is 435 Å². The zero-order chi connectivity index (χ0) is 46.6. The van der Waals surface area contributed by atoms with Crippen LogP contribution in [0.25, 0.3) is 10.4 Å². The summed E-state index contributed by atoms with van der Waals surface area (Å²) in [5.41, 5.74) is 4.11. The summed E-state index contributed by atoms with van der Waals surface area (Å²) in [6.45, 7) is 0.544. The predicted molar refractivity (Wildman–Crippen MR) is 192 cm³/mol. The summed E-state index contributed by atoms with van der Waals surface area (Å²) < 4.78 is 119. The van der Waals surface area contributed by atoms with Crippen LogP contribution in [0.3, 0.4) is 0 Å². The molecule has 1 aromatic heterocycles. The van der Waals surface area contributed by atoms with Gasteiger partial charge in [0, 0.05) is 39.6 Å². The molecule has 3 unspecified atom stereocenters. The monoisotopic (exact) mass is 1000 g/mol. The van der Waals surface area contributed by atoms with Crippen LogP contribution in [-0.2, 0) is 55.4 Å². The number of phosphoric ester groups is 1. The number of nitrogens with one attached hydrogen (secondary N) is 2. The van der Waals surface area contributed by atoms with Crippen molar-refractivity contribution in [3.8, 4) is 11.8 Å². The number of hydrogen-bond donors (Lipinski definition) is 10. The van der Waals surface area contributed by atoms with Crippen molar-refractivity contribution in [2.75, 3.05) is 11.9 Å².